The highest BCUT2D eigenvalue weighted by Gasteiger charge is 2.21. The SMILES string of the molecule is COc1ccc(C(=O)OC(C)(C)C#CC(C)O)cc1. The molecule has 0 heterocycles. The van der Waals surface area contributed by atoms with Crippen LogP contribution >= 0.6 is 0 Å². The predicted molar refractivity (Wildman–Crippen MR) is 71.9 cm³/mol. The van der Waals surface area contributed by atoms with Crippen LogP contribution in [0.25, 0.3) is 0 Å². The van der Waals surface area contributed by atoms with Crippen LogP contribution in [0, 0.1) is 11.8 Å². The predicted octanol–water partition coefficient (Wildman–Crippen LogP) is 2.01. The van der Waals surface area contributed by atoms with Crippen molar-refractivity contribution in [2.45, 2.75) is 32.5 Å². The molecule has 1 atom stereocenters. The number of hydrogen-bond donors (Lipinski definition) is 1. The highest BCUT2D eigenvalue weighted by Crippen LogP contribution is 2.15. The van der Waals surface area contributed by atoms with Gasteiger partial charge in [0.05, 0.1) is 12.7 Å². The van der Waals surface area contributed by atoms with Crippen LogP contribution in [0.3, 0.4) is 0 Å². The lowest BCUT2D eigenvalue weighted by molar-refractivity contribution is 0.0203. The number of aliphatic hydroxyl groups is 1. The molecule has 102 valence electrons. The van der Waals surface area contributed by atoms with Crippen molar-refractivity contribution in [3.63, 3.8) is 0 Å². The molecule has 0 radical (unpaired) electrons. The Balaban J connectivity index is 2.76. The van der Waals surface area contributed by atoms with E-state index in [1.165, 1.54) is 0 Å². The second-order valence-corrected chi connectivity index (χ2v) is 4.57. The standard InChI is InChI=1S/C15H18O4/c1-11(16)9-10-15(2,3)19-14(17)12-5-7-13(18-4)8-6-12/h5-8,11,16H,1-4H3. The highest BCUT2D eigenvalue weighted by atomic mass is 16.6. The zero-order chi connectivity index (χ0) is 14.5. The molecule has 0 aliphatic heterocycles. The number of methoxy groups -OCH3 is 1. The molecule has 0 aliphatic rings. The van der Waals surface area contributed by atoms with Crippen LogP contribution in [0.2, 0.25) is 0 Å². The summed E-state index contributed by atoms with van der Waals surface area (Å²) in [6.07, 6.45) is -0.751. The number of esters is 1. The molecule has 1 rings (SSSR count). The zero-order valence-corrected chi connectivity index (χ0v) is 11.6. The van der Waals surface area contributed by atoms with E-state index in [-0.39, 0.29) is 0 Å². The molecular weight excluding hydrogens is 244 g/mol. The summed E-state index contributed by atoms with van der Waals surface area (Å²) in [4.78, 5) is 11.9. The topological polar surface area (TPSA) is 55.8 Å². The van der Waals surface area contributed by atoms with Gasteiger partial charge in [0.1, 0.15) is 11.9 Å². The molecule has 19 heavy (non-hydrogen) atoms. The van der Waals surface area contributed by atoms with E-state index in [2.05, 4.69) is 11.8 Å². The van der Waals surface area contributed by atoms with E-state index in [4.69, 9.17) is 14.6 Å². The largest absolute Gasteiger partial charge is 0.497 e. The molecule has 0 aliphatic carbocycles. The van der Waals surface area contributed by atoms with Crippen molar-refractivity contribution in [1.29, 1.82) is 0 Å². The first-order valence-corrected chi connectivity index (χ1v) is 5.92. The monoisotopic (exact) mass is 262 g/mol. The normalized spacial score (nSPS) is 12.1. The molecule has 1 aromatic rings. The number of carbonyl (C=O) groups is 1. The Labute approximate surface area is 113 Å². The van der Waals surface area contributed by atoms with E-state index in [9.17, 15) is 4.79 Å². The molecule has 1 aromatic carbocycles. The molecule has 0 aromatic heterocycles. The molecule has 0 fully saturated rings. The van der Waals surface area contributed by atoms with Crippen molar-refractivity contribution in [1.82, 2.24) is 0 Å². The van der Waals surface area contributed by atoms with Crippen LogP contribution in [0.15, 0.2) is 24.3 Å². The quantitative estimate of drug-likeness (QED) is 0.669. The van der Waals surface area contributed by atoms with Gasteiger partial charge in [0.2, 0.25) is 0 Å². The van der Waals surface area contributed by atoms with Crippen molar-refractivity contribution >= 4 is 5.97 Å². The van der Waals surface area contributed by atoms with Crippen molar-refractivity contribution in [2.24, 2.45) is 0 Å². The van der Waals surface area contributed by atoms with E-state index >= 15 is 0 Å². The second kappa shape index (κ2) is 6.26. The van der Waals surface area contributed by atoms with Gasteiger partial charge in [-0.15, -0.1) is 0 Å². The summed E-state index contributed by atoms with van der Waals surface area (Å²) < 4.78 is 10.3. The third kappa shape index (κ3) is 5.02. The van der Waals surface area contributed by atoms with E-state index in [1.807, 2.05) is 0 Å². The molecule has 0 saturated carbocycles. The Morgan fingerprint density at radius 1 is 1.32 bits per heavy atom. The van der Waals surface area contributed by atoms with Gasteiger partial charge in [0, 0.05) is 0 Å². The van der Waals surface area contributed by atoms with Gasteiger partial charge in [-0.25, -0.2) is 4.79 Å². The summed E-state index contributed by atoms with van der Waals surface area (Å²) in [6.45, 7) is 4.89. The third-order valence-electron chi connectivity index (χ3n) is 2.26. The Morgan fingerprint density at radius 2 is 1.89 bits per heavy atom. The summed E-state index contributed by atoms with van der Waals surface area (Å²) in [5.41, 5.74) is -0.527. The summed E-state index contributed by atoms with van der Waals surface area (Å²) in [6, 6.07) is 6.62. The van der Waals surface area contributed by atoms with Crippen molar-refractivity contribution in [3.05, 3.63) is 29.8 Å². The minimum Gasteiger partial charge on any atom is -0.497 e. The van der Waals surface area contributed by atoms with Gasteiger partial charge in [-0.2, -0.15) is 0 Å². The first kappa shape index (κ1) is 15.1. The number of carbonyl (C=O) groups excluding carboxylic acids is 1. The van der Waals surface area contributed by atoms with Gasteiger partial charge in [-0.1, -0.05) is 11.8 Å². The van der Waals surface area contributed by atoms with Crippen LogP contribution in [-0.2, 0) is 4.74 Å². The molecule has 1 N–H and O–H groups in total. The first-order valence-electron chi connectivity index (χ1n) is 5.92. The molecular formula is C15H18O4. The number of rotatable bonds is 3. The van der Waals surface area contributed by atoms with E-state index in [0.717, 1.165) is 0 Å². The Hall–Kier alpha value is -1.99. The number of aliphatic hydroxyl groups excluding tert-OH is 1. The number of ether oxygens (including phenoxy) is 2. The fourth-order valence-corrected chi connectivity index (χ4v) is 1.32. The van der Waals surface area contributed by atoms with Crippen molar-refractivity contribution < 1.29 is 19.4 Å². The van der Waals surface area contributed by atoms with Crippen LogP contribution in [0.1, 0.15) is 31.1 Å². The number of hydrogen-bond acceptors (Lipinski definition) is 4. The lowest BCUT2D eigenvalue weighted by Gasteiger charge is -2.19. The molecule has 0 spiro atoms. The zero-order valence-electron chi connectivity index (χ0n) is 11.6. The van der Waals surface area contributed by atoms with E-state index in [0.29, 0.717) is 11.3 Å². The fraction of sp³-hybridized carbons (Fsp3) is 0.400. The van der Waals surface area contributed by atoms with Crippen LogP contribution < -0.4 is 4.74 Å². The smallest absolute Gasteiger partial charge is 0.339 e. The summed E-state index contributed by atoms with van der Waals surface area (Å²) >= 11 is 0. The third-order valence-corrected chi connectivity index (χ3v) is 2.26. The summed E-state index contributed by atoms with van der Waals surface area (Å²) in [5.74, 6) is 5.49. The van der Waals surface area contributed by atoms with Gasteiger partial charge >= 0.3 is 5.97 Å². The van der Waals surface area contributed by atoms with Crippen molar-refractivity contribution in [3.8, 4) is 17.6 Å². The molecule has 4 nitrogen and oxygen atoms in total. The van der Waals surface area contributed by atoms with Gasteiger partial charge in [-0.3, -0.25) is 0 Å². The summed E-state index contributed by atoms with van der Waals surface area (Å²) in [7, 11) is 1.56. The van der Waals surface area contributed by atoms with Gasteiger partial charge < -0.3 is 14.6 Å². The van der Waals surface area contributed by atoms with E-state index < -0.39 is 17.7 Å². The Kier molecular flexibility index (Phi) is 4.96. The number of benzene rings is 1. The maximum Gasteiger partial charge on any atom is 0.339 e. The van der Waals surface area contributed by atoms with Gasteiger partial charge in [0.15, 0.2) is 5.60 Å². The maximum atomic E-state index is 11.9. The minimum absolute atomic E-state index is 0.424. The molecule has 0 bridgehead atoms. The molecule has 1 unspecified atom stereocenters. The molecule has 0 amide bonds. The maximum absolute atomic E-state index is 11.9. The Morgan fingerprint density at radius 3 is 2.37 bits per heavy atom. The van der Waals surface area contributed by atoms with Gasteiger partial charge in [0.25, 0.3) is 0 Å². The summed E-state index contributed by atoms with van der Waals surface area (Å²) in [5, 5.41) is 9.10. The Bertz CT molecular complexity index is 489. The fourth-order valence-electron chi connectivity index (χ4n) is 1.32. The lowest BCUT2D eigenvalue weighted by Crippen LogP contribution is -2.26. The average molecular weight is 262 g/mol. The van der Waals surface area contributed by atoms with Crippen LogP contribution in [0.5, 0.6) is 5.75 Å². The van der Waals surface area contributed by atoms with Crippen LogP contribution in [-0.4, -0.2) is 29.9 Å². The van der Waals surface area contributed by atoms with E-state index in [1.54, 1.807) is 52.1 Å². The minimum atomic E-state index is -0.950. The van der Waals surface area contributed by atoms with Gasteiger partial charge in [-0.05, 0) is 45.0 Å². The molecule has 4 heteroatoms. The molecule has 0 saturated heterocycles. The average Bonchev–Trinajstić information content (AvgIpc) is 2.36. The second-order valence-electron chi connectivity index (χ2n) is 4.57. The van der Waals surface area contributed by atoms with Crippen molar-refractivity contribution in [2.75, 3.05) is 7.11 Å². The van der Waals surface area contributed by atoms with Crippen LogP contribution in [0.4, 0.5) is 0 Å². The first-order chi connectivity index (χ1) is 8.84. The lowest BCUT2D eigenvalue weighted by atomic mass is 10.1. The highest BCUT2D eigenvalue weighted by molar-refractivity contribution is 5.90.